The highest BCUT2D eigenvalue weighted by Gasteiger charge is 2.13. The molecule has 0 radical (unpaired) electrons. The minimum Gasteiger partial charge on any atom is -0.210 e. The number of hydrogen-bond donors (Lipinski definition) is 1. The lowest BCUT2D eigenvalue weighted by molar-refractivity contribution is 0.584. The Morgan fingerprint density at radius 3 is 2.65 bits per heavy atom. The Hall–Kier alpha value is -0.670. The predicted octanol–water partition coefficient (Wildman–Crippen LogP) is 2.57. The predicted molar refractivity (Wildman–Crippen MR) is 82.0 cm³/mol. The summed E-state index contributed by atoms with van der Waals surface area (Å²) in [6, 6.07) is 6.07. The Morgan fingerprint density at radius 2 is 2.05 bits per heavy atom. The highest BCUT2D eigenvalue weighted by Crippen LogP contribution is 2.23. The first kappa shape index (κ1) is 15.7. The van der Waals surface area contributed by atoms with Gasteiger partial charge >= 0.3 is 0 Å². The third kappa shape index (κ3) is 4.16. The van der Waals surface area contributed by atoms with Crippen molar-refractivity contribution in [3.05, 3.63) is 35.0 Å². The molecule has 20 heavy (non-hydrogen) atoms. The van der Waals surface area contributed by atoms with E-state index in [0.29, 0.717) is 17.3 Å². The van der Waals surface area contributed by atoms with Crippen molar-refractivity contribution in [3.63, 3.8) is 0 Å². The number of aromatic nitrogens is 2. The van der Waals surface area contributed by atoms with E-state index in [1.807, 2.05) is 6.92 Å². The van der Waals surface area contributed by atoms with E-state index in [-0.39, 0.29) is 4.90 Å². The molecule has 0 amide bonds. The maximum Gasteiger partial charge on any atom is 0.240 e. The average molecular weight is 350 g/mol. The first-order chi connectivity index (χ1) is 9.49. The second-order valence-corrected chi connectivity index (χ2v) is 8.17. The smallest absolute Gasteiger partial charge is 0.210 e. The highest BCUT2D eigenvalue weighted by molar-refractivity contribution is 8.01. The molecule has 0 atom stereocenters. The zero-order valence-electron chi connectivity index (χ0n) is 10.5. The van der Waals surface area contributed by atoms with E-state index >= 15 is 0 Å². The average Bonchev–Trinajstić information content (AvgIpc) is 2.81. The highest BCUT2D eigenvalue weighted by atomic mass is 35.5. The molecule has 0 saturated carbocycles. The Bertz CT molecular complexity index is 670. The molecule has 2 aromatic rings. The first-order valence-corrected chi connectivity index (χ1v) is 9.28. The summed E-state index contributed by atoms with van der Waals surface area (Å²) in [6.45, 7) is 2.22. The molecule has 9 heteroatoms. The van der Waals surface area contributed by atoms with E-state index in [1.54, 1.807) is 12.1 Å². The van der Waals surface area contributed by atoms with Crippen LogP contribution in [0.1, 0.15) is 5.69 Å². The lowest BCUT2D eigenvalue weighted by atomic mass is 10.4. The standard InChI is InChI=1S/C11H12ClN3O2S3/c1-8-11(19-15-14-8)18-7-6-13-20(16,17)10-4-2-9(12)3-5-10/h2-5,13H,6-7H2,1H3. The quantitative estimate of drug-likeness (QED) is 0.641. The molecule has 0 aliphatic heterocycles. The fraction of sp³-hybridized carbons (Fsp3) is 0.273. The number of benzene rings is 1. The lowest BCUT2D eigenvalue weighted by Gasteiger charge is -2.06. The van der Waals surface area contributed by atoms with Crippen LogP contribution < -0.4 is 4.72 Å². The molecule has 1 N–H and O–H groups in total. The van der Waals surface area contributed by atoms with Gasteiger partial charge in [0.15, 0.2) is 0 Å². The minimum atomic E-state index is -3.48. The normalized spacial score (nSPS) is 11.7. The molecule has 2 rings (SSSR count). The molecular formula is C11H12ClN3O2S3. The molecule has 0 fully saturated rings. The SMILES string of the molecule is Cc1nnsc1SCCNS(=O)(=O)c1ccc(Cl)cc1. The van der Waals surface area contributed by atoms with Gasteiger partial charge in [0.05, 0.1) is 10.6 Å². The van der Waals surface area contributed by atoms with Gasteiger partial charge in [-0.3, -0.25) is 0 Å². The van der Waals surface area contributed by atoms with E-state index in [0.717, 1.165) is 9.90 Å². The number of nitrogens with zero attached hydrogens (tertiary/aromatic N) is 2. The van der Waals surface area contributed by atoms with E-state index < -0.39 is 10.0 Å². The van der Waals surface area contributed by atoms with Gasteiger partial charge in [0, 0.05) is 17.3 Å². The van der Waals surface area contributed by atoms with Gasteiger partial charge in [-0.05, 0) is 42.7 Å². The molecule has 1 heterocycles. The summed E-state index contributed by atoms with van der Waals surface area (Å²) in [7, 11) is -3.48. The second-order valence-electron chi connectivity index (χ2n) is 3.85. The number of hydrogen-bond acceptors (Lipinski definition) is 6. The fourth-order valence-electron chi connectivity index (χ4n) is 1.37. The van der Waals surface area contributed by atoms with Gasteiger partial charge in [-0.1, -0.05) is 16.1 Å². The molecule has 0 saturated heterocycles. The Balaban J connectivity index is 1.87. The molecule has 1 aromatic heterocycles. The molecule has 1 aromatic carbocycles. The van der Waals surface area contributed by atoms with Crippen molar-refractivity contribution < 1.29 is 8.42 Å². The summed E-state index contributed by atoms with van der Waals surface area (Å²) in [6.07, 6.45) is 0. The summed E-state index contributed by atoms with van der Waals surface area (Å²) < 4.78 is 31.4. The second kappa shape index (κ2) is 6.86. The van der Waals surface area contributed by atoms with Crippen molar-refractivity contribution in [3.8, 4) is 0 Å². The van der Waals surface area contributed by atoms with Crippen LogP contribution >= 0.6 is 34.9 Å². The molecule has 0 aliphatic carbocycles. The topological polar surface area (TPSA) is 72.0 Å². The van der Waals surface area contributed by atoms with Crippen molar-refractivity contribution >= 4 is 44.9 Å². The maximum absolute atomic E-state index is 12.0. The summed E-state index contributed by atoms with van der Waals surface area (Å²) in [4.78, 5) is 0.211. The number of halogens is 1. The van der Waals surface area contributed by atoms with E-state index in [2.05, 4.69) is 14.3 Å². The Kier molecular flexibility index (Phi) is 5.39. The fourth-order valence-corrected chi connectivity index (χ4v) is 4.27. The summed E-state index contributed by atoms with van der Waals surface area (Å²) in [5.41, 5.74) is 0.876. The third-order valence-corrected chi connectivity index (χ3v) is 6.26. The van der Waals surface area contributed by atoms with Crippen molar-refractivity contribution in [2.75, 3.05) is 12.3 Å². The van der Waals surface area contributed by atoms with Crippen LogP contribution in [0.4, 0.5) is 0 Å². The Morgan fingerprint density at radius 1 is 1.35 bits per heavy atom. The van der Waals surface area contributed by atoms with Gasteiger partial charge in [-0.25, -0.2) is 13.1 Å². The van der Waals surface area contributed by atoms with Crippen LogP contribution in [0.2, 0.25) is 5.02 Å². The van der Waals surface area contributed by atoms with Gasteiger partial charge < -0.3 is 0 Å². The molecule has 0 aliphatic rings. The van der Waals surface area contributed by atoms with Crippen molar-refractivity contribution in [1.29, 1.82) is 0 Å². The van der Waals surface area contributed by atoms with Crippen LogP contribution in [0.25, 0.3) is 0 Å². The van der Waals surface area contributed by atoms with Crippen LogP contribution in [0, 0.1) is 6.92 Å². The number of nitrogens with one attached hydrogen (secondary N) is 1. The zero-order valence-corrected chi connectivity index (χ0v) is 13.7. The van der Waals surface area contributed by atoms with Gasteiger partial charge in [-0.15, -0.1) is 16.9 Å². The van der Waals surface area contributed by atoms with Crippen LogP contribution in [0.5, 0.6) is 0 Å². The largest absolute Gasteiger partial charge is 0.240 e. The molecular weight excluding hydrogens is 338 g/mol. The summed E-state index contributed by atoms with van der Waals surface area (Å²) in [5.74, 6) is 0.623. The van der Waals surface area contributed by atoms with Gasteiger partial charge in [0.2, 0.25) is 10.0 Å². The minimum absolute atomic E-state index is 0.211. The number of thioether (sulfide) groups is 1. The first-order valence-electron chi connectivity index (χ1n) is 5.66. The van der Waals surface area contributed by atoms with E-state index in [4.69, 9.17) is 11.6 Å². The molecule has 0 spiro atoms. The number of aryl methyl sites for hydroxylation is 1. The van der Waals surface area contributed by atoms with Crippen LogP contribution in [-0.2, 0) is 10.0 Å². The molecule has 5 nitrogen and oxygen atoms in total. The van der Waals surface area contributed by atoms with Crippen molar-refractivity contribution in [1.82, 2.24) is 14.3 Å². The van der Waals surface area contributed by atoms with Crippen molar-refractivity contribution in [2.24, 2.45) is 0 Å². The van der Waals surface area contributed by atoms with Crippen LogP contribution in [0.3, 0.4) is 0 Å². The van der Waals surface area contributed by atoms with E-state index in [9.17, 15) is 8.42 Å². The van der Waals surface area contributed by atoms with E-state index in [1.165, 1.54) is 35.4 Å². The number of rotatable bonds is 6. The molecule has 0 bridgehead atoms. The zero-order chi connectivity index (χ0) is 14.6. The van der Waals surface area contributed by atoms with Crippen LogP contribution in [-0.4, -0.2) is 30.3 Å². The Labute approximate surface area is 131 Å². The third-order valence-electron chi connectivity index (χ3n) is 2.36. The molecule has 108 valence electrons. The van der Waals surface area contributed by atoms with Gasteiger partial charge in [0.25, 0.3) is 0 Å². The maximum atomic E-state index is 12.0. The molecule has 0 unspecified atom stereocenters. The summed E-state index contributed by atoms with van der Waals surface area (Å²) in [5, 5.41) is 4.40. The summed E-state index contributed by atoms with van der Waals surface area (Å²) >= 11 is 8.58. The van der Waals surface area contributed by atoms with Gasteiger partial charge in [0.1, 0.15) is 4.21 Å². The number of sulfonamides is 1. The van der Waals surface area contributed by atoms with Crippen molar-refractivity contribution in [2.45, 2.75) is 16.0 Å². The monoisotopic (exact) mass is 349 g/mol. The lowest BCUT2D eigenvalue weighted by Crippen LogP contribution is -2.25. The van der Waals surface area contributed by atoms with Gasteiger partial charge in [-0.2, -0.15) is 0 Å². The van der Waals surface area contributed by atoms with Crippen LogP contribution in [0.15, 0.2) is 33.4 Å².